The van der Waals surface area contributed by atoms with E-state index in [4.69, 9.17) is 11.6 Å². The standard InChI is InChI=1S/C20H20ClN3O3/c1-23(13-15-4-2-3-5-17(15)21)20(27)22-16-8-6-14(7-9-16)12-24-18(25)10-11-19(24)26/h2-9H,10-13H2,1H3,(H,22,27). The maximum Gasteiger partial charge on any atom is 0.321 e. The van der Waals surface area contributed by atoms with Crippen molar-refractivity contribution in [1.82, 2.24) is 9.80 Å². The number of rotatable bonds is 5. The lowest BCUT2D eigenvalue weighted by Gasteiger charge is -2.19. The van der Waals surface area contributed by atoms with Gasteiger partial charge in [0.2, 0.25) is 11.8 Å². The second-order valence-corrected chi connectivity index (χ2v) is 6.86. The average molecular weight is 386 g/mol. The lowest BCUT2D eigenvalue weighted by atomic mass is 10.2. The van der Waals surface area contributed by atoms with Gasteiger partial charge in [-0.25, -0.2) is 4.79 Å². The van der Waals surface area contributed by atoms with Crippen LogP contribution in [-0.4, -0.2) is 34.7 Å². The fourth-order valence-corrected chi connectivity index (χ4v) is 3.04. The van der Waals surface area contributed by atoms with Crippen LogP contribution in [0.3, 0.4) is 0 Å². The third-order valence-corrected chi connectivity index (χ3v) is 4.78. The molecule has 1 heterocycles. The lowest BCUT2D eigenvalue weighted by Crippen LogP contribution is -2.31. The molecule has 0 radical (unpaired) electrons. The number of amides is 4. The van der Waals surface area contributed by atoms with Gasteiger partial charge in [0.25, 0.3) is 0 Å². The van der Waals surface area contributed by atoms with Gasteiger partial charge >= 0.3 is 6.03 Å². The summed E-state index contributed by atoms with van der Waals surface area (Å²) < 4.78 is 0. The van der Waals surface area contributed by atoms with Crippen LogP contribution in [0.4, 0.5) is 10.5 Å². The first-order chi connectivity index (χ1) is 12.9. The highest BCUT2D eigenvalue weighted by molar-refractivity contribution is 6.31. The van der Waals surface area contributed by atoms with Gasteiger partial charge < -0.3 is 10.2 Å². The maximum atomic E-state index is 12.4. The number of halogens is 1. The van der Waals surface area contributed by atoms with Crippen molar-refractivity contribution in [2.45, 2.75) is 25.9 Å². The van der Waals surface area contributed by atoms with Gasteiger partial charge in [0.15, 0.2) is 0 Å². The zero-order chi connectivity index (χ0) is 19.4. The van der Waals surface area contributed by atoms with E-state index in [-0.39, 0.29) is 37.2 Å². The monoisotopic (exact) mass is 385 g/mol. The SMILES string of the molecule is CN(Cc1ccccc1Cl)C(=O)Nc1ccc(CN2C(=O)CCC2=O)cc1. The molecule has 3 rings (SSSR count). The fraction of sp³-hybridized carbons (Fsp3) is 0.250. The summed E-state index contributed by atoms with van der Waals surface area (Å²) >= 11 is 6.13. The Kier molecular flexibility index (Phi) is 5.76. The van der Waals surface area contributed by atoms with Crippen LogP contribution in [0.5, 0.6) is 0 Å². The Balaban J connectivity index is 1.57. The minimum absolute atomic E-state index is 0.140. The van der Waals surface area contributed by atoms with E-state index in [0.717, 1.165) is 11.1 Å². The molecule has 7 heteroatoms. The van der Waals surface area contributed by atoms with E-state index in [1.165, 1.54) is 9.80 Å². The molecule has 0 spiro atoms. The number of anilines is 1. The van der Waals surface area contributed by atoms with Gasteiger partial charge in [0.05, 0.1) is 6.54 Å². The molecule has 2 aromatic carbocycles. The van der Waals surface area contributed by atoms with E-state index in [1.807, 2.05) is 18.2 Å². The Hall–Kier alpha value is -2.86. The molecule has 0 bridgehead atoms. The normalized spacial score (nSPS) is 13.8. The number of carbonyl (C=O) groups excluding carboxylic acids is 3. The van der Waals surface area contributed by atoms with E-state index >= 15 is 0 Å². The predicted molar refractivity (Wildman–Crippen MR) is 103 cm³/mol. The second-order valence-electron chi connectivity index (χ2n) is 6.45. The third-order valence-electron chi connectivity index (χ3n) is 4.41. The predicted octanol–water partition coefficient (Wildman–Crippen LogP) is 3.65. The van der Waals surface area contributed by atoms with Crippen LogP contribution in [0, 0.1) is 0 Å². The smallest absolute Gasteiger partial charge is 0.321 e. The van der Waals surface area contributed by atoms with Crippen molar-refractivity contribution >= 4 is 35.1 Å². The van der Waals surface area contributed by atoms with Gasteiger partial charge in [-0.15, -0.1) is 0 Å². The van der Waals surface area contributed by atoms with Gasteiger partial charge in [0.1, 0.15) is 0 Å². The van der Waals surface area contributed by atoms with Crippen molar-refractivity contribution in [1.29, 1.82) is 0 Å². The first-order valence-electron chi connectivity index (χ1n) is 8.61. The molecule has 27 heavy (non-hydrogen) atoms. The Bertz CT molecular complexity index is 851. The highest BCUT2D eigenvalue weighted by Crippen LogP contribution is 2.19. The molecule has 1 N–H and O–H groups in total. The molecule has 0 unspecified atom stereocenters. The van der Waals surface area contributed by atoms with Crippen molar-refractivity contribution in [3.05, 3.63) is 64.7 Å². The van der Waals surface area contributed by atoms with Gasteiger partial charge in [-0.2, -0.15) is 0 Å². The summed E-state index contributed by atoms with van der Waals surface area (Å²) in [5.74, 6) is -0.280. The van der Waals surface area contributed by atoms with Gasteiger partial charge in [-0.05, 0) is 29.3 Å². The Labute approximate surface area is 162 Å². The summed E-state index contributed by atoms with van der Waals surface area (Å²) in [5.41, 5.74) is 2.34. The van der Waals surface area contributed by atoms with Crippen molar-refractivity contribution in [3.8, 4) is 0 Å². The topological polar surface area (TPSA) is 69.7 Å². The molecule has 6 nitrogen and oxygen atoms in total. The van der Waals surface area contributed by atoms with Crippen LogP contribution >= 0.6 is 11.6 Å². The first-order valence-corrected chi connectivity index (χ1v) is 8.99. The molecule has 0 saturated carbocycles. The summed E-state index contributed by atoms with van der Waals surface area (Å²) in [4.78, 5) is 38.5. The minimum Gasteiger partial charge on any atom is -0.323 e. The number of nitrogens with zero attached hydrogens (tertiary/aromatic N) is 2. The lowest BCUT2D eigenvalue weighted by molar-refractivity contribution is -0.139. The summed E-state index contributed by atoms with van der Waals surface area (Å²) in [6.45, 7) is 0.654. The quantitative estimate of drug-likeness (QED) is 0.798. The van der Waals surface area contributed by atoms with Crippen LogP contribution in [0.15, 0.2) is 48.5 Å². The summed E-state index contributed by atoms with van der Waals surface area (Å²) in [6.07, 6.45) is 0.565. The molecule has 1 saturated heterocycles. The summed E-state index contributed by atoms with van der Waals surface area (Å²) in [5, 5.41) is 3.43. The fourth-order valence-electron chi connectivity index (χ4n) is 2.85. The van der Waals surface area contributed by atoms with Crippen molar-refractivity contribution in [2.75, 3.05) is 12.4 Å². The number of likely N-dealkylation sites (tertiary alicyclic amines) is 1. The van der Waals surface area contributed by atoms with Crippen LogP contribution in [0.2, 0.25) is 5.02 Å². The highest BCUT2D eigenvalue weighted by atomic mass is 35.5. The molecule has 1 fully saturated rings. The van der Waals surface area contributed by atoms with Crippen LogP contribution in [0.1, 0.15) is 24.0 Å². The second kappa shape index (κ2) is 8.22. The minimum atomic E-state index is -0.257. The summed E-state index contributed by atoms with van der Waals surface area (Å²) in [6, 6.07) is 14.2. The zero-order valence-corrected chi connectivity index (χ0v) is 15.7. The molecule has 1 aliphatic heterocycles. The Morgan fingerprint density at radius 1 is 1.07 bits per heavy atom. The van der Waals surface area contributed by atoms with Crippen LogP contribution in [0.25, 0.3) is 0 Å². The van der Waals surface area contributed by atoms with E-state index in [2.05, 4.69) is 5.32 Å². The third kappa shape index (κ3) is 4.65. The van der Waals surface area contributed by atoms with Gasteiger partial charge in [-0.1, -0.05) is 41.9 Å². The van der Waals surface area contributed by atoms with E-state index in [0.29, 0.717) is 17.3 Å². The van der Waals surface area contributed by atoms with Crippen molar-refractivity contribution in [2.24, 2.45) is 0 Å². The van der Waals surface area contributed by atoms with E-state index in [9.17, 15) is 14.4 Å². The Morgan fingerprint density at radius 3 is 2.33 bits per heavy atom. The van der Waals surface area contributed by atoms with Crippen molar-refractivity contribution < 1.29 is 14.4 Å². The number of hydrogen-bond acceptors (Lipinski definition) is 3. The molecular formula is C20H20ClN3O3. The van der Waals surface area contributed by atoms with Crippen LogP contribution in [-0.2, 0) is 22.7 Å². The molecule has 1 aliphatic rings. The number of nitrogens with one attached hydrogen (secondary N) is 1. The highest BCUT2D eigenvalue weighted by Gasteiger charge is 2.28. The number of hydrogen-bond donors (Lipinski definition) is 1. The average Bonchev–Trinajstić information content (AvgIpc) is 2.97. The zero-order valence-electron chi connectivity index (χ0n) is 14.9. The van der Waals surface area contributed by atoms with E-state index in [1.54, 1.807) is 37.4 Å². The maximum absolute atomic E-state index is 12.4. The molecule has 0 aromatic heterocycles. The van der Waals surface area contributed by atoms with Gasteiger partial charge in [-0.3, -0.25) is 14.5 Å². The molecule has 140 valence electrons. The molecular weight excluding hydrogens is 366 g/mol. The van der Waals surface area contributed by atoms with Crippen LogP contribution < -0.4 is 5.32 Å². The number of imide groups is 1. The molecule has 0 atom stereocenters. The van der Waals surface area contributed by atoms with E-state index < -0.39 is 0 Å². The van der Waals surface area contributed by atoms with Crippen molar-refractivity contribution in [3.63, 3.8) is 0 Å². The molecule has 0 aliphatic carbocycles. The summed E-state index contributed by atoms with van der Waals surface area (Å²) in [7, 11) is 1.69. The molecule has 4 amide bonds. The number of benzene rings is 2. The van der Waals surface area contributed by atoms with Gasteiger partial charge in [0, 0.05) is 37.1 Å². The number of urea groups is 1. The number of carbonyl (C=O) groups is 3. The first kappa shape index (κ1) is 18.9. The largest absolute Gasteiger partial charge is 0.323 e. The Morgan fingerprint density at radius 2 is 1.70 bits per heavy atom. The molecule has 2 aromatic rings.